The van der Waals surface area contributed by atoms with Crippen molar-refractivity contribution in [2.45, 2.75) is 38.1 Å². The second-order valence-electron chi connectivity index (χ2n) is 4.68. The average Bonchev–Trinajstić information content (AvgIpc) is 2.15. The number of carbonyl (C=O) groups is 2. The molecule has 0 spiro atoms. The molecule has 1 saturated heterocycles. The zero-order chi connectivity index (χ0) is 11.5. The SMILES string of the molecule is O=C(O)NC1CCN(C(=O)C2CCC2)CC1. The molecule has 5 nitrogen and oxygen atoms in total. The summed E-state index contributed by atoms with van der Waals surface area (Å²) in [6.45, 7) is 1.39. The van der Waals surface area contributed by atoms with Crippen LogP contribution in [0.5, 0.6) is 0 Å². The Morgan fingerprint density at radius 3 is 2.19 bits per heavy atom. The Bertz CT molecular complexity index is 281. The first-order valence-corrected chi connectivity index (χ1v) is 5.95. The first kappa shape index (κ1) is 11.2. The normalized spacial score (nSPS) is 22.6. The van der Waals surface area contributed by atoms with Crippen molar-refractivity contribution in [2.24, 2.45) is 5.92 Å². The molecule has 2 amide bonds. The van der Waals surface area contributed by atoms with E-state index >= 15 is 0 Å². The number of nitrogens with one attached hydrogen (secondary N) is 1. The molecular weight excluding hydrogens is 208 g/mol. The van der Waals surface area contributed by atoms with Gasteiger partial charge >= 0.3 is 6.09 Å². The Hall–Kier alpha value is -1.26. The van der Waals surface area contributed by atoms with E-state index in [1.165, 1.54) is 6.42 Å². The van der Waals surface area contributed by atoms with Crippen LogP contribution in [-0.2, 0) is 4.79 Å². The van der Waals surface area contributed by atoms with Crippen LogP contribution in [0.3, 0.4) is 0 Å². The van der Waals surface area contributed by atoms with Crippen molar-refractivity contribution >= 4 is 12.0 Å². The molecule has 16 heavy (non-hydrogen) atoms. The van der Waals surface area contributed by atoms with E-state index in [1.54, 1.807) is 0 Å². The van der Waals surface area contributed by atoms with E-state index in [0.29, 0.717) is 13.1 Å². The highest BCUT2D eigenvalue weighted by Gasteiger charge is 2.31. The fourth-order valence-electron chi connectivity index (χ4n) is 2.33. The number of rotatable bonds is 2. The van der Waals surface area contributed by atoms with Crippen molar-refractivity contribution in [1.29, 1.82) is 0 Å². The van der Waals surface area contributed by atoms with Gasteiger partial charge in [0.25, 0.3) is 0 Å². The van der Waals surface area contributed by atoms with Gasteiger partial charge < -0.3 is 15.3 Å². The summed E-state index contributed by atoms with van der Waals surface area (Å²) in [6, 6.07) is 0.0166. The fraction of sp³-hybridized carbons (Fsp3) is 0.818. The quantitative estimate of drug-likeness (QED) is 0.739. The van der Waals surface area contributed by atoms with Crippen LogP contribution in [0.1, 0.15) is 32.1 Å². The van der Waals surface area contributed by atoms with Crippen molar-refractivity contribution in [3.8, 4) is 0 Å². The third kappa shape index (κ3) is 2.46. The molecule has 1 aliphatic carbocycles. The molecule has 1 saturated carbocycles. The summed E-state index contributed by atoms with van der Waals surface area (Å²) >= 11 is 0. The van der Waals surface area contributed by atoms with E-state index in [0.717, 1.165) is 25.7 Å². The minimum atomic E-state index is -0.969. The second-order valence-corrected chi connectivity index (χ2v) is 4.68. The lowest BCUT2D eigenvalue weighted by atomic mass is 9.84. The molecule has 0 unspecified atom stereocenters. The van der Waals surface area contributed by atoms with Crippen molar-refractivity contribution < 1.29 is 14.7 Å². The predicted molar refractivity (Wildman–Crippen MR) is 58.1 cm³/mol. The summed E-state index contributed by atoms with van der Waals surface area (Å²) in [7, 11) is 0. The summed E-state index contributed by atoms with van der Waals surface area (Å²) in [5.74, 6) is 0.531. The van der Waals surface area contributed by atoms with Crippen LogP contribution in [0.25, 0.3) is 0 Å². The molecule has 0 bridgehead atoms. The van der Waals surface area contributed by atoms with Crippen LogP contribution in [0.15, 0.2) is 0 Å². The smallest absolute Gasteiger partial charge is 0.404 e. The van der Waals surface area contributed by atoms with E-state index in [1.807, 2.05) is 4.90 Å². The zero-order valence-corrected chi connectivity index (χ0v) is 9.32. The number of nitrogens with zero attached hydrogens (tertiary/aromatic N) is 1. The zero-order valence-electron chi connectivity index (χ0n) is 9.32. The molecule has 2 rings (SSSR count). The number of likely N-dealkylation sites (tertiary alicyclic amines) is 1. The number of hydrogen-bond acceptors (Lipinski definition) is 2. The van der Waals surface area contributed by atoms with Crippen LogP contribution in [0.2, 0.25) is 0 Å². The Morgan fingerprint density at radius 2 is 1.75 bits per heavy atom. The molecule has 0 atom stereocenters. The largest absolute Gasteiger partial charge is 0.465 e. The molecule has 2 N–H and O–H groups in total. The lowest BCUT2D eigenvalue weighted by Gasteiger charge is -2.36. The molecule has 5 heteroatoms. The van der Waals surface area contributed by atoms with Crippen molar-refractivity contribution in [2.75, 3.05) is 13.1 Å². The van der Waals surface area contributed by atoms with Crippen LogP contribution in [-0.4, -0.2) is 41.1 Å². The molecule has 90 valence electrons. The molecular formula is C11H18N2O3. The fourth-order valence-corrected chi connectivity index (χ4v) is 2.33. The Balaban J connectivity index is 1.76. The highest BCUT2D eigenvalue weighted by molar-refractivity contribution is 5.79. The van der Waals surface area contributed by atoms with Crippen LogP contribution in [0.4, 0.5) is 4.79 Å². The van der Waals surface area contributed by atoms with Gasteiger partial charge in [0.2, 0.25) is 5.91 Å². The van der Waals surface area contributed by atoms with Crippen LogP contribution in [0, 0.1) is 5.92 Å². The monoisotopic (exact) mass is 226 g/mol. The summed E-state index contributed by atoms with van der Waals surface area (Å²) in [5.41, 5.74) is 0. The lowest BCUT2D eigenvalue weighted by molar-refractivity contribution is -0.139. The van der Waals surface area contributed by atoms with E-state index in [-0.39, 0.29) is 17.9 Å². The van der Waals surface area contributed by atoms with Gasteiger partial charge in [-0.2, -0.15) is 0 Å². The van der Waals surface area contributed by atoms with Gasteiger partial charge in [0, 0.05) is 25.0 Å². The minimum Gasteiger partial charge on any atom is -0.465 e. The summed E-state index contributed by atoms with van der Waals surface area (Å²) in [6.07, 6.45) is 3.75. The second kappa shape index (κ2) is 4.72. The van der Waals surface area contributed by atoms with Gasteiger partial charge in [-0.1, -0.05) is 6.42 Å². The highest BCUT2D eigenvalue weighted by atomic mass is 16.4. The molecule has 0 aromatic carbocycles. The number of piperidine rings is 1. The van der Waals surface area contributed by atoms with Gasteiger partial charge in [-0.25, -0.2) is 4.79 Å². The standard InChI is InChI=1S/C11H18N2O3/c14-10(8-2-1-3-8)13-6-4-9(5-7-13)12-11(15)16/h8-9,12H,1-7H2,(H,15,16). The minimum absolute atomic E-state index is 0.0166. The third-order valence-corrected chi connectivity index (χ3v) is 3.59. The molecule has 1 aliphatic heterocycles. The van der Waals surface area contributed by atoms with Gasteiger partial charge in [-0.15, -0.1) is 0 Å². The van der Waals surface area contributed by atoms with Crippen molar-refractivity contribution in [3.63, 3.8) is 0 Å². The molecule has 1 heterocycles. The summed E-state index contributed by atoms with van der Waals surface area (Å²) in [4.78, 5) is 24.2. The number of hydrogen-bond donors (Lipinski definition) is 2. The van der Waals surface area contributed by atoms with Gasteiger partial charge in [-0.05, 0) is 25.7 Å². The van der Waals surface area contributed by atoms with E-state index in [9.17, 15) is 9.59 Å². The third-order valence-electron chi connectivity index (χ3n) is 3.59. The maximum Gasteiger partial charge on any atom is 0.404 e. The van der Waals surface area contributed by atoms with E-state index < -0.39 is 6.09 Å². The first-order chi connectivity index (χ1) is 7.66. The number of amides is 2. The number of carboxylic acid groups (broad SMARTS) is 1. The molecule has 0 aromatic rings. The van der Waals surface area contributed by atoms with Crippen LogP contribution < -0.4 is 5.32 Å². The highest BCUT2D eigenvalue weighted by Crippen LogP contribution is 2.29. The molecule has 0 aromatic heterocycles. The van der Waals surface area contributed by atoms with Gasteiger partial charge in [-0.3, -0.25) is 4.79 Å². The average molecular weight is 226 g/mol. The lowest BCUT2D eigenvalue weighted by Crippen LogP contribution is -2.48. The van der Waals surface area contributed by atoms with Gasteiger partial charge in [0.1, 0.15) is 0 Å². The van der Waals surface area contributed by atoms with E-state index in [4.69, 9.17) is 5.11 Å². The van der Waals surface area contributed by atoms with Gasteiger partial charge in [0.05, 0.1) is 0 Å². The topological polar surface area (TPSA) is 69.6 Å². The molecule has 0 radical (unpaired) electrons. The van der Waals surface area contributed by atoms with Crippen molar-refractivity contribution in [3.05, 3.63) is 0 Å². The predicted octanol–water partition coefficient (Wildman–Crippen LogP) is 1.05. The Morgan fingerprint density at radius 1 is 1.12 bits per heavy atom. The molecule has 2 fully saturated rings. The summed E-state index contributed by atoms with van der Waals surface area (Å²) in [5, 5.41) is 11.1. The maximum absolute atomic E-state index is 11.9. The van der Waals surface area contributed by atoms with Gasteiger partial charge in [0.15, 0.2) is 0 Å². The Labute approximate surface area is 94.8 Å². The van der Waals surface area contributed by atoms with E-state index in [2.05, 4.69) is 5.32 Å². The summed E-state index contributed by atoms with van der Waals surface area (Å²) < 4.78 is 0. The first-order valence-electron chi connectivity index (χ1n) is 5.95. The Kier molecular flexibility index (Phi) is 3.31. The van der Waals surface area contributed by atoms with Crippen LogP contribution >= 0.6 is 0 Å². The van der Waals surface area contributed by atoms with Crippen molar-refractivity contribution in [1.82, 2.24) is 10.2 Å². The number of carbonyl (C=O) groups excluding carboxylic acids is 1. The maximum atomic E-state index is 11.9. The molecule has 2 aliphatic rings.